The zero-order valence-corrected chi connectivity index (χ0v) is 8.94. The van der Waals surface area contributed by atoms with E-state index in [4.69, 9.17) is 0 Å². The van der Waals surface area contributed by atoms with E-state index in [-0.39, 0.29) is 0 Å². The van der Waals surface area contributed by atoms with Crippen LogP contribution >= 0.6 is 0 Å². The van der Waals surface area contributed by atoms with Crippen LogP contribution < -0.4 is 0 Å². The number of nitrogens with zero attached hydrogens (tertiary/aromatic N) is 1. The van der Waals surface area contributed by atoms with Gasteiger partial charge in [0.05, 0.1) is 6.54 Å². The molecule has 0 saturated carbocycles. The maximum Gasteiger partial charge on any atom is 0.152 e. The number of Topliss-reactive ketones (excluding diaryl/α,β-unsaturated/α-hetero) is 1. The van der Waals surface area contributed by atoms with Crippen LogP contribution in [-0.4, -0.2) is 10.4 Å². The van der Waals surface area contributed by atoms with E-state index in [1.807, 2.05) is 29.8 Å². The van der Waals surface area contributed by atoms with E-state index < -0.39 is 0 Å². The van der Waals surface area contributed by atoms with Crippen LogP contribution in [0.25, 0.3) is 10.9 Å². The lowest BCUT2D eigenvalue weighted by atomic mass is 10.2. The molecule has 0 fully saturated rings. The molecule has 2 rings (SSSR count). The lowest BCUT2D eigenvalue weighted by Crippen LogP contribution is -2.08. The third-order valence-corrected chi connectivity index (χ3v) is 2.56. The van der Waals surface area contributed by atoms with E-state index in [1.165, 1.54) is 5.39 Å². The zero-order valence-electron chi connectivity index (χ0n) is 8.94. The molecule has 0 radical (unpaired) electrons. The molecule has 0 saturated heterocycles. The van der Waals surface area contributed by atoms with Crippen LogP contribution in [0, 0.1) is 0 Å². The zero-order chi connectivity index (χ0) is 10.7. The number of ketones is 1. The lowest BCUT2D eigenvalue weighted by molar-refractivity contribution is -0.119. The molecule has 0 bridgehead atoms. The summed E-state index contributed by atoms with van der Waals surface area (Å²) in [7, 11) is 0. The minimum Gasteiger partial charge on any atom is -0.340 e. The Morgan fingerprint density at radius 2 is 2.07 bits per heavy atom. The lowest BCUT2D eigenvalue weighted by Gasteiger charge is -2.03. The fourth-order valence-electron chi connectivity index (χ4n) is 1.83. The number of hydrogen-bond acceptors (Lipinski definition) is 1. The van der Waals surface area contributed by atoms with Crippen LogP contribution in [0.1, 0.15) is 19.8 Å². The summed E-state index contributed by atoms with van der Waals surface area (Å²) in [6, 6.07) is 10.2. The molecule has 78 valence electrons. The van der Waals surface area contributed by atoms with Gasteiger partial charge in [-0.05, 0) is 23.9 Å². The highest BCUT2D eigenvalue weighted by Crippen LogP contribution is 2.15. The van der Waals surface area contributed by atoms with Crippen LogP contribution in [-0.2, 0) is 11.3 Å². The Kier molecular flexibility index (Phi) is 2.86. The summed E-state index contributed by atoms with van der Waals surface area (Å²) in [5.74, 6) is 0.304. The molecule has 0 spiro atoms. The molecule has 0 aliphatic carbocycles. The normalized spacial score (nSPS) is 10.7. The SMILES string of the molecule is CCCC(=O)Cn1ccc2ccccc21. The van der Waals surface area contributed by atoms with Gasteiger partial charge in [-0.25, -0.2) is 0 Å². The number of carbonyl (C=O) groups excluding carboxylic acids is 1. The minimum atomic E-state index is 0.304. The second-order valence-electron chi connectivity index (χ2n) is 3.79. The Morgan fingerprint density at radius 3 is 2.87 bits per heavy atom. The molecule has 0 unspecified atom stereocenters. The Bertz CT molecular complexity index is 470. The molecule has 0 aliphatic rings. The third kappa shape index (κ3) is 2.09. The van der Waals surface area contributed by atoms with Crippen molar-refractivity contribution < 1.29 is 4.79 Å². The van der Waals surface area contributed by atoms with E-state index in [0.717, 1.165) is 11.9 Å². The van der Waals surface area contributed by atoms with Gasteiger partial charge in [-0.3, -0.25) is 4.79 Å². The molecule has 1 aromatic heterocycles. The Labute approximate surface area is 89.5 Å². The van der Waals surface area contributed by atoms with Crippen molar-refractivity contribution >= 4 is 16.7 Å². The number of fused-ring (bicyclic) bond motifs is 1. The van der Waals surface area contributed by atoms with Crippen molar-refractivity contribution in [2.24, 2.45) is 0 Å². The monoisotopic (exact) mass is 201 g/mol. The summed E-state index contributed by atoms with van der Waals surface area (Å²) in [4.78, 5) is 11.5. The molecular formula is C13H15NO. The van der Waals surface area contributed by atoms with Crippen molar-refractivity contribution in [3.05, 3.63) is 36.5 Å². The molecule has 2 nitrogen and oxygen atoms in total. The smallest absolute Gasteiger partial charge is 0.152 e. The third-order valence-electron chi connectivity index (χ3n) is 2.56. The molecule has 0 atom stereocenters. The summed E-state index contributed by atoms with van der Waals surface area (Å²) in [5.41, 5.74) is 1.14. The fraction of sp³-hybridized carbons (Fsp3) is 0.308. The van der Waals surface area contributed by atoms with Crippen molar-refractivity contribution in [2.45, 2.75) is 26.3 Å². The van der Waals surface area contributed by atoms with Gasteiger partial charge in [0.25, 0.3) is 0 Å². The average Bonchev–Trinajstić information content (AvgIpc) is 2.62. The number of rotatable bonds is 4. The van der Waals surface area contributed by atoms with Gasteiger partial charge in [-0.15, -0.1) is 0 Å². The van der Waals surface area contributed by atoms with Gasteiger partial charge in [0.2, 0.25) is 0 Å². The van der Waals surface area contributed by atoms with E-state index in [9.17, 15) is 4.79 Å². The second kappa shape index (κ2) is 4.30. The molecule has 1 aromatic carbocycles. The van der Waals surface area contributed by atoms with Crippen molar-refractivity contribution in [1.82, 2.24) is 4.57 Å². The molecular weight excluding hydrogens is 186 g/mol. The minimum absolute atomic E-state index is 0.304. The molecule has 0 amide bonds. The Hall–Kier alpha value is -1.57. The number of para-hydroxylation sites is 1. The van der Waals surface area contributed by atoms with Crippen molar-refractivity contribution in [2.75, 3.05) is 0 Å². The molecule has 1 heterocycles. The first-order chi connectivity index (χ1) is 7.31. The van der Waals surface area contributed by atoms with Crippen LogP contribution in [0.4, 0.5) is 0 Å². The highest BCUT2D eigenvalue weighted by atomic mass is 16.1. The predicted octanol–water partition coefficient (Wildman–Crippen LogP) is 3.01. The van der Waals surface area contributed by atoms with Crippen molar-refractivity contribution in [3.8, 4) is 0 Å². The standard InChI is InChI=1S/C13H15NO/c1-2-5-12(15)10-14-9-8-11-6-3-4-7-13(11)14/h3-4,6-9H,2,5,10H2,1H3. The van der Waals surface area contributed by atoms with E-state index >= 15 is 0 Å². The summed E-state index contributed by atoms with van der Waals surface area (Å²) in [6.07, 6.45) is 3.59. The highest BCUT2D eigenvalue weighted by molar-refractivity contribution is 5.84. The van der Waals surface area contributed by atoms with E-state index in [2.05, 4.69) is 18.2 Å². The fourth-order valence-corrected chi connectivity index (χ4v) is 1.83. The van der Waals surface area contributed by atoms with Gasteiger partial charge in [0, 0.05) is 18.1 Å². The number of aromatic nitrogens is 1. The van der Waals surface area contributed by atoms with Gasteiger partial charge < -0.3 is 4.57 Å². The maximum atomic E-state index is 11.5. The average molecular weight is 201 g/mol. The molecule has 2 heteroatoms. The van der Waals surface area contributed by atoms with Gasteiger partial charge in [0.1, 0.15) is 0 Å². The van der Waals surface area contributed by atoms with Gasteiger partial charge in [-0.2, -0.15) is 0 Å². The van der Waals surface area contributed by atoms with Gasteiger partial charge >= 0.3 is 0 Å². The molecule has 0 N–H and O–H groups in total. The summed E-state index contributed by atoms with van der Waals surface area (Å²) >= 11 is 0. The van der Waals surface area contributed by atoms with Gasteiger partial charge in [0.15, 0.2) is 5.78 Å². The summed E-state index contributed by atoms with van der Waals surface area (Å²) < 4.78 is 2.02. The number of carbonyl (C=O) groups is 1. The number of hydrogen-bond donors (Lipinski definition) is 0. The second-order valence-corrected chi connectivity index (χ2v) is 3.79. The summed E-state index contributed by atoms with van der Waals surface area (Å²) in [5, 5.41) is 1.20. The molecule has 0 aliphatic heterocycles. The first-order valence-electron chi connectivity index (χ1n) is 5.37. The van der Waals surface area contributed by atoms with Crippen molar-refractivity contribution in [1.29, 1.82) is 0 Å². The molecule has 2 aromatic rings. The topological polar surface area (TPSA) is 22.0 Å². The summed E-state index contributed by atoms with van der Waals surface area (Å²) in [6.45, 7) is 2.53. The van der Waals surface area contributed by atoms with Crippen LogP contribution in [0.15, 0.2) is 36.5 Å². The van der Waals surface area contributed by atoms with Crippen LogP contribution in [0.3, 0.4) is 0 Å². The van der Waals surface area contributed by atoms with Gasteiger partial charge in [-0.1, -0.05) is 25.1 Å². The van der Waals surface area contributed by atoms with E-state index in [1.54, 1.807) is 0 Å². The highest BCUT2D eigenvalue weighted by Gasteiger charge is 2.04. The Morgan fingerprint density at radius 1 is 1.27 bits per heavy atom. The predicted molar refractivity (Wildman–Crippen MR) is 61.9 cm³/mol. The quantitative estimate of drug-likeness (QED) is 0.745. The first kappa shape index (κ1) is 9.97. The maximum absolute atomic E-state index is 11.5. The Balaban J connectivity index is 2.25. The first-order valence-corrected chi connectivity index (χ1v) is 5.37. The molecule has 15 heavy (non-hydrogen) atoms. The van der Waals surface area contributed by atoms with Crippen LogP contribution in [0.2, 0.25) is 0 Å². The number of benzene rings is 1. The van der Waals surface area contributed by atoms with Crippen molar-refractivity contribution in [3.63, 3.8) is 0 Å². The van der Waals surface area contributed by atoms with E-state index in [0.29, 0.717) is 18.7 Å². The van der Waals surface area contributed by atoms with Crippen LogP contribution in [0.5, 0.6) is 0 Å². The largest absolute Gasteiger partial charge is 0.340 e.